The van der Waals surface area contributed by atoms with Crippen LogP contribution in [0.15, 0.2) is 17.4 Å². The number of nitrogens with zero attached hydrogens (tertiary/aromatic N) is 2. The number of nitrogens with one attached hydrogen (secondary N) is 1. The van der Waals surface area contributed by atoms with Crippen LogP contribution in [0.1, 0.15) is 39.3 Å². The lowest BCUT2D eigenvalue weighted by molar-refractivity contribution is -0.142. The molecule has 1 aromatic rings. The third-order valence-electron chi connectivity index (χ3n) is 3.18. The number of esters is 1. The second-order valence-electron chi connectivity index (χ2n) is 4.91. The quantitative estimate of drug-likeness (QED) is 0.698. The molecule has 1 heterocycles. The maximum absolute atomic E-state index is 12.0. The molecule has 0 fully saturated rings. The predicted molar refractivity (Wildman–Crippen MR) is 95.7 cm³/mol. The van der Waals surface area contributed by atoms with Gasteiger partial charge in [-0.3, -0.25) is 14.2 Å². The van der Waals surface area contributed by atoms with E-state index in [9.17, 15) is 9.59 Å². The van der Waals surface area contributed by atoms with Crippen LogP contribution in [0.3, 0.4) is 0 Å². The van der Waals surface area contributed by atoms with Gasteiger partial charge >= 0.3 is 5.97 Å². The van der Waals surface area contributed by atoms with Crippen molar-refractivity contribution in [3.05, 3.63) is 28.7 Å². The van der Waals surface area contributed by atoms with E-state index in [0.29, 0.717) is 24.0 Å². The van der Waals surface area contributed by atoms with E-state index in [4.69, 9.17) is 4.74 Å². The van der Waals surface area contributed by atoms with Crippen molar-refractivity contribution in [1.82, 2.24) is 9.55 Å². The highest BCUT2D eigenvalue weighted by molar-refractivity contribution is 8.09. The molecule has 1 atom stereocenters. The zero-order valence-electron chi connectivity index (χ0n) is 14.2. The van der Waals surface area contributed by atoms with E-state index in [1.165, 1.54) is 17.8 Å². The van der Waals surface area contributed by atoms with Gasteiger partial charge in [0, 0.05) is 18.8 Å². The Morgan fingerprint density at radius 1 is 1.48 bits per heavy atom. The Bertz CT molecular complexity index is 613. The van der Waals surface area contributed by atoms with Crippen LogP contribution in [0.2, 0.25) is 0 Å². The normalized spacial score (nSPS) is 11.8. The monoisotopic (exact) mass is 339 g/mol. The molecule has 23 heavy (non-hydrogen) atoms. The Hall–Kier alpha value is -1.76. The van der Waals surface area contributed by atoms with Gasteiger partial charge in [-0.1, -0.05) is 38.6 Å². The van der Waals surface area contributed by atoms with E-state index in [2.05, 4.69) is 16.9 Å². The van der Waals surface area contributed by atoms with Crippen LogP contribution in [0.4, 0.5) is 5.95 Å². The molecule has 0 aliphatic carbocycles. The molecule has 1 N–H and O–H groups in total. The first-order valence-corrected chi connectivity index (χ1v) is 8.69. The van der Waals surface area contributed by atoms with Crippen molar-refractivity contribution in [1.29, 1.82) is 0 Å². The van der Waals surface area contributed by atoms with Crippen LogP contribution in [0.5, 0.6) is 0 Å². The van der Waals surface area contributed by atoms with Gasteiger partial charge in [0.15, 0.2) is 0 Å². The molecule has 7 heteroatoms. The lowest BCUT2D eigenvalue weighted by Crippen LogP contribution is -2.22. The van der Waals surface area contributed by atoms with Crippen molar-refractivity contribution in [3.63, 3.8) is 0 Å². The predicted octanol–water partition coefficient (Wildman–Crippen LogP) is 2.74. The number of hydrogen-bond acceptors (Lipinski definition) is 6. The molecule has 128 valence electrons. The fourth-order valence-corrected chi connectivity index (χ4v) is 3.13. The van der Waals surface area contributed by atoms with Crippen molar-refractivity contribution >= 4 is 28.7 Å². The minimum absolute atomic E-state index is 0.252. The van der Waals surface area contributed by atoms with E-state index < -0.39 is 0 Å². The number of anilines is 1. The number of thioether (sulfide) groups is 1. The Morgan fingerprint density at radius 2 is 2.17 bits per heavy atom. The molecular formula is C16H25N3O3S. The van der Waals surface area contributed by atoms with Crippen LogP contribution < -0.4 is 10.9 Å². The van der Waals surface area contributed by atoms with Gasteiger partial charge < -0.3 is 10.1 Å². The number of aryl methyl sites for hydroxylation is 1. The molecule has 0 bridgehead atoms. The molecule has 0 spiro atoms. The summed E-state index contributed by atoms with van der Waals surface area (Å²) in [5.74, 6) is 0.176. The summed E-state index contributed by atoms with van der Waals surface area (Å²) in [4.78, 5) is 27.7. The number of ether oxygens (including phenoxy) is 1. The first kappa shape index (κ1) is 19.3. The topological polar surface area (TPSA) is 73.2 Å². The van der Waals surface area contributed by atoms with Crippen LogP contribution >= 0.6 is 11.8 Å². The molecule has 0 radical (unpaired) electrons. The van der Waals surface area contributed by atoms with Gasteiger partial charge in [-0.05, 0) is 19.8 Å². The van der Waals surface area contributed by atoms with Crippen molar-refractivity contribution < 1.29 is 9.53 Å². The average Bonchev–Trinajstić information content (AvgIpc) is 2.52. The molecule has 0 aliphatic rings. The summed E-state index contributed by atoms with van der Waals surface area (Å²) in [6, 6.07) is 1.52. The molecule has 0 saturated carbocycles. The van der Waals surface area contributed by atoms with Gasteiger partial charge in [0.1, 0.15) is 5.25 Å². The Balaban J connectivity index is 3.15. The minimum Gasteiger partial charge on any atom is -0.465 e. The van der Waals surface area contributed by atoms with Crippen molar-refractivity contribution in [3.8, 4) is 0 Å². The highest BCUT2D eigenvalue weighted by Gasteiger charge is 2.22. The summed E-state index contributed by atoms with van der Waals surface area (Å²) in [7, 11) is 1.70. The maximum Gasteiger partial charge on any atom is 0.319 e. The van der Waals surface area contributed by atoms with Gasteiger partial charge in [0.05, 0.1) is 11.6 Å². The van der Waals surface area contributed by atoms with E-state index in [-0.39, 0.29) is 16.8 Å². The Morgan fingerprint density at radius 3 is 2.70 bits per heavy atom. The lowest BCUT2D eigenvalue weighted by Gasteiger charge is -2.21. The first-order chi connectivity index (χ1) is 11.0. The van der Waals surface area contributed by atoms with Gasteiger partial charge in [0.25, 0.3) is 5.56 Å². The molecular weight excluding hydrogens is 314 g/mol. The zero-order valence-corrected chi connectivity index (χ0v) is 15.0. The summed E-state index contributed by atoms with van der Waals surface area (Å²) in [6.07, 6.45) is 2.25. The molecule has 0 aromatic carbocycles. The van der Waals surface area contributed by atoms with Crippen molar-refractivity contribution in [2.24, 2.45) is 0 Å². The summed E-state index contributed by atoms with van der Waals surface area (Å²) in [5, 5.41) is 3.23. The summed E-state index contributed by atoms with van der Waals surface area (Å²) < 4.78 is 6.90. The fourth-order valence-electron chi connectivity index (χ4n) is 2.17. The largest absolute Gasteiger partial charge is 0.465 e. The second kappa shape index (κ2) is 9.39. The molecule has 6 nitrogen and oxygen atoms in total. The standard InChI is InChI=1S/C16H25N3O3S/c1-6-9-12-10-14(20)18-16(17-5)19(12)11(4)23-13(7-2)15(21)22-8-3/h10,13H,4,6-9H2,1-3,5H3,(H,17,18,20). The van der Waals surface area contributed by atoms with Gasteiger partial charge in [-0.25, -0.2) is 0 Å². The van der Waals surface area contributed by atoms with Gasteiger partial charge in [-0.15, -0.1) is 0 Å². The fraction of sp³-hybridized carbons (Fsp3) is 0.562. The van der Waals surface area contributed by atoms with Crippen LogP contribution in [-0.4, -0.2) is 34.4 Å². The van der Waals surface area contributed by atoms with Crippen molar-refractivity contribution in [2.75, 3.05) is 19.0 Å². The highest BCUT2D eigenvalue weighted by Crippen LogP contribution is 2.30. The van der Waals surface area contributed by atoms with Crippen LogP contribution in [-0.2, 0) is 16.0 Å². The number of carbonyl (C=O) groups is 1. The lowest BCUT2D eigenvalue weighted by atomic mass is 10.2. The van der Waals surface area contributed by atoms with E-state index in [1.54, 1.807) is 18.5 Å². The third-order valence-corrected chi connectivity index (χ3v) is 4.45. The number of rotatable bonds is 9. The second-order valence-corrected chi connectivity index (χ2v) is 6.18. The SMILES string of the molecule is C=C(SC(CC)C(=O)OCC)n1c(CCC)cc(=O)nc1NC. The highest BCUT2D eigenvalue weighted by atomic mass is 32.2. The first-order valence-electron chi connectivity index (χ1n) is 7.81. The molecule has 1 aromatic heterocycles. The molecule has 0 amide bonds. The number of aromatic nitrogens is 2. The van der Waals surface area contributed by atoms with Crippen LogP contribution in [0.25, 0.3) is 5.03 Å². The number of hydrogen-bond donors (Lipinski definition) is 1. The molecule has 0 aliphatic heterocycles. The Labute approximate surface area is 141 Å². The molecule has 0 saturated heterocycles. The maximum atomic E-state index is 12.0. The van der Waals surface area contributed by atoms with Gasteiger partial charge in [0.2, 0.25) is 5.95 Å². The van der Waals surface area contributed by atoms with E-state index >= 15 is 0 Å². The summed E-state index contributed by atoms with van der Waals surface area (Å²) >= 11 is 1.33. The number of carbonyl (C=O) groups excluding carboxylic acids is 1. The summed E-state index contributed by atoms with van der Waals surface area (Å²) in [6.45, 7) is 10.2. The van der Waals surface area contributed by atoms with Crippen molar-refractivity contribution in [2.45, 2.75) is 45.3 Å². The smallest absolute Gasteiger partial charge is 0.319 e. The minimum atomic E-state index is -0.332. The Kier molecular flexibility index (Phi) is 7.88. The average molecular weight is 339 g/mol. The van der Waals surface area contributed by atoms with E-state index in [1.807, 2.05) is 13.8 Å². The van der Waals surface area contributed by atoms with Gasteiger partial charge in [-0.2, -0.15) is 4.98 Å². The summed E-state index contributed by atoms with van der Waals surface area (Å²) in [5.41, 5.74) is 0.539. The zero-order chi connectivity index (χ0) is 17.4. The third kappa shape index (κ3) is 5.13. The molecule has 1 unspecified atom stereocenters. The molecule has 1 rings (SSSR count). The van der Waals surface area contributed by atoms with E-state index in [0.717, 1.165) is 18.5 Å². The van der Waals surface area contributed by atoms with Crippen LogP contribution in [0, 0.1) is 0 Å².